The van der Waals surface area contributed by atoms with Crippen LogP contribution >= 0.6 is 15.9 Å². The SMILES string of the molecule is COc1cc(CNCCOCC(C)C)cc(Br)c1OC. The van der Waals surface area contributed by atoms with Crippen LogP contribution in [0.2, 0.25) is 0 Å². The second-order valence-electron chi connectivity index (χ2n) is 4.96. The van der Waals surface area contributed by atoms with Crippen LogP contribution in [0.5, 0.6) is 11.5 Å². The third-order valence-corrected chi connectivity index (χ3v) is 3.29. The average Bonchev–Trinajstić information content (AvgIpc) is 2.41. The molecule has 0 radical (unpaired) electrons. The number of nitrogens with one attached hydrogen (secondary N) is 1. The van der Waals surface area contributed by atoms with Crippen LogP contribution < -0.4 is 14.8 Å². The van der Waals surface area contributed by atoms with E-state index in [0.29, 0.717) is 5.92 Å². The van der Waals surface area contributed by atoms with Crippen molar-refractivity contribution in [3.05, 3.63) is 22.2 Å². The molecule has 1 rings (SSSR count). The fourth-order valence-corrected chi connectivity index (χ4v) is 2.42. The van der Waals surface area contributed by atoms with Crippen molar-refractivity contribution in [1.82, 2.24) is 5.32 Å². The molecule has 0 saturated heterocycles. The van der Waals surface area contributed by atoms with E-state index in [2.05, 4.69) is 35.1 Å². The Hall–Kier alpha value is -0.780. The van der Waals surface area contributed by atoms with Crippen molar-refractivity contribution < 1.29 is 14.2 Å². The molecule has 0 bridgehead atoms. The van der Waals surface area contributed by atoms with Gasteiger partial charge in [-0.25, -0.2) is 0 Å². The molecular formula is C15H24BrNO3. The van der Waals surface area contributed by atoms with Crippen molar-refractivity contribution in [2.75, 3.05) is 34.0 Å². The van der Waals surface area contributed by atoms with E-state index in [1.165, 1.54) is 0 Å². The smallest absolute Gasteiger partial charge is 0.174 e. The van der Waals surface area contributed by atoms with Crippen LogP contribution in [0, 0.1) is 5.92 Å². The lowest BCUT2D eigenvalue weighted by molar-refractivity contribution is 0.111. The molecule has 0 aromatic heterocycles. The van der Waals surface area contributed by atoms with Gasteiger partial charge in [-0.15, -0.1) is 0 Å². The number of ether oxygens (including phenoxy) is 3. The molecule has 20 heavy (non-hydrogen) atoms. The van der Waals surface area contributed by atoms with Gasteiger partial charge in [-0.2, -0.15) is 0 Å². The molecule has 0 aliphatic rings. The molecule has 0 atom stereocenters. The molecule has 5 heteroatoms. The molecule has 4 nitrogen and oxygen atoms in total. The summed E-state index contributed by atoms with van der Waals surface area (Å²) in [6.45, 7) is 7.43. The molecule has 0 unspecified atom stereocenters. The second-order valence-corrected chi connectivity index (χ2v) is 5.81. The van der Waals surface area contributed by atoms with Crippen LogP contribution in [0.1, 0.15) is 19.4 Å². The minimum absolute atomic E-state index is 0.580. The molecule has 1 aromatic rings. The highest BCUT2D eigenvalue weighted by atomic mass is 79.9. The molecular weight excluding hydrogens is 322 g/mol. The normalized spacial score (nSPS) is 10.9. The Balaban J connectivity index is 2.42. The third kappa shape index (κ3) is 5.69. The van der Waals surface area contributed by atoms with Gasteiger partial charge in [-0.3, -0.25) is 0 Å². The first kappa shape index (κ1) is 17.3. The largest absolute Gasteiger partial charge is 0.493 e. The van der Waals surface area contributed by atoms with Gasteiger partial charge in [-0.1, -0.05) is 13.8 Å². The van der Waals surface area contributed by atoms with Crippen molar-refractivity contribution in [2.24, 2.45) is 5.92 Å². The maximum atomic E-state index is 5.52. The van der Waals surface area contributed by atoms with E-state index in [-0.39, 0.29) is 0 Å². The summed E-state index contributed by atoms with van der Waals surface area (Å²) < 4.78 is 17.0. The predicted molar refractivity (Wildman–Crippen MR) is 84.6 cm³/mol. The summed E-state index contributed by atoms with van der Waals surface area (Å²) in [5.74, 6) is 2.03. The summed E-state index contributed by atoms with van der Waals surface area (Å²) in [5, 5.41) is 3.35. The lowest BCUT2D eigenvalue weighted by Crippen LogP contribution is -2.20. The van der Waals surface area contributed by atoms with Crippen LogP contribution in [-0.2, 0) is 11.3 Å². The molecule has 1 N–H and O–H groups in total. The van der Waals surface area contributed by atoms with Gasteiger partial charge in [0.05, 0.1) is 25.3 Å². The van der Waals surface area contributed by atoms with Crippen LogP contribution in [0.15, 0.2) is 16.6 Å². The number of benzene rings is 1. The lowest BCUT2D eigenvalue weighted by Gasteiger charge is -2.13. The average molecular weight is 346 g/mol. The van der Waals surface area contributed by atoms with Gasteiger partial charge in [0.1, 0.15) is 0 Å². The summed E-state index contributed by atoms with van der Waals surface area (Å²) in [5.41, 5.74) is 1.14. The number of rotatable bonds is 9. The number of hydrogen-bond donors (Lipinski definition) is 1. The minimum Gasteiger partial charge on any atom is -0.493 e. The molecule has 0 amide bonds. The van der Waals surface area contributed by atoms with Gasteiger partial charge >= 0.3 is 0 Å². The Morgan fingerprint density at radius 1 is 1.20 bits per heavy atom. The second kappa shape index (κ2) is 9.21. The number of hydrogen-bond acceptors (Lipinski definition) is 4. The van der Waals surface area contributed by atoms with Crippen molar-refractivity contribution in [2.45, 2.75) is 20.4 Å². The molecule has 0 saturated carbocycles. The third-order valence-electron chi connectivity index (χ3n) is 2.70. The van der Waals surface area contributed by atoms with E-state index in [4.69, 9.17) is 14.2 Å². The van der Waals surface area contributed by atoms with E-state index >= 15 is 0 Å². The van der Waals surface area contributed by atoms with Crippen molar-refractivity contribution in [1.29, 1.82) is 0 Å². The van der Waals surface area contributed by atoms with Crippen LogP contribution in [0.25, 0.3) is 0 Å². The van der Waals surface area contributed by atoms with Crippen molar-refractivity contribution in [3.63, 3.8) is 0 Å². The van der Waals surface area contributed by atoms with Gasteiger partial charge in [0.2, 0.25) is 0 Å². The summed E-state index contributed by atoms with van der Waals surface area (Å²) in [7, 11) is 3.27. The molecule has 0 fully saturated rings. The predicted octanol–water partition coefficient (Wildman–Crippen LogP) is 3.23. The van der Waals surface area contributed by atoms with Gasteiger partial charge in [0, 0.05) is 19.7 Å². The molecule has 0 aliphatic heterocycles. The van der Waals surface area contributed by atoms with E-state index < -0.39 is 0 Å². The topological polar surface area (TPSA) is 39.7 Å². The van der Waals surface area contributed by atoms with Crippen LogP contribution in [-0.4, -0.2) is 34.0 Å². The zero-order valence-electron chi connectivity index (χ0n) is 12.7. The summed E-state index contributed by atoms with van der Waals surface area (Å²) in [4.78, 5) is 0. The Bertz CT molecular complexity index is 410. The highest BCUT2D eigenvalue weighted by Crippen LogP contribution is 2.36. The fraction of sp³-hybridized carbons (Fsp3) is 0.600. The first-order chi connectivity index (χ1) is 9.58. The van der Waals surface area contributed by atoms with E-state index in [9.17, 15) is 0 Å². The molecule has 0 aliphatic carbocycles. The minimum atomic E-state index is 0.580. The highest BCUT2D eigenvalue weighted by molar-refractivity contribution is 9.10. The quantitative estimate of drug-likeness (QED) is 0.697. The van der Waals surface area contributed by atoms with Gasteiger partial charge in [0.25, 0.3) is 0 Å². The maximum absolute atomic E-state index is 5.52. The van der Waals surface area contributed by atoms with Crippen LogP contribution in [0.3, 0.4) is 0 Å². The number of methoxy groups -OCH3 is 2. The van der Waals surface area contributed by atoms with Crippen molar-refractivity contribution >= 4 is 15.9 Å². The first-order valence-corrected chi connectivity index (χ1v) is 7.56. The first-order valence-electron chi connectivity index (χ1n) is 6.77. The van der Waals surface area contributed by atoms with E-state index in [1.54, 1.807) is 14.2 Å². The highest BCUT2D eigenvalue weighted by Gasteiger charge is 2.10. The maximum Gasteiger partial charge on any atom is 0.174 e. The Kier molecular flexibility index (Phi) is 7.95. The summed E-state index contributed by atoms with van der Waals surface area (Å²) in [6, 6.07) is 4.01. The summed E-state index contributed by atoms with van der Waals surface area (Å²) in [6.07, 6.45) is 0. The molecule has 0 spiro atoms. The fourth-order valence-electron chi connectivity index (χ4n) is 1.77. The Morgan fingerprint density at radius 3 is 2.55 bits per heavy atom. The van der Waals surface area contributed by atoms with Crippen molar-refractivity contribution in [3.8, 4) is 11.5 Å². The van der Waals surface area contributed by atoms with Crippen LogP contribution in [0.4, 0.5) is 0 Å². The van der Waals surface area contributed by atoms with Gasteiger partial charge in [-0.05, 0) is 39.5 Å². The van der Waals surface area contributed by atoms with Gasteiger partial charge in [0.15, 0.2) is 11.5 Å². The monoisotopic (exact) mass is 345 g/mol. The molecule has 114 valence electrons. The number of halogens is 1. The Morgan fingerprint density at radius 2 is 1.95 bits per heavy atom. The molecule has 0 heterocycles. The standard InChI is InChI=1S/C15H24BrNO3/c1-11(2)10-20-6-5-17-9-12-7-13(16)15(19-4)14(8-12)18-3/h7-8,11,17H,5-6,9-10H2,1-4H3. The lowest BCUT2D eigenvalue weighted by atomic mass is 10.2. The van der Waals surface area contributed by atoms with E-state index in [1.807, 2.05) is 12.1 Å². The zero-order valence-corrected chi connectivity index (χ0v) is 14.2. The zero-order chi connectivity index (χ0) is 15.0. The van der Waals surface area contributed by atoms with E-state index in [0.717, 1.165) is 47.8 Å². The van der Waals surface area contributed by atoms with Gasteiger partial charge < -0.3 is 19.5 Å². The Labute approximate surface area is 129 Å². The molecule has 1 aromatic carbocycles. The summed E-state index contributed by atoms with van der Waals surface area (Å²) >= 11 is 3.49.